The Morgan fingerprint density at radius 1 is 1.15 bits per heavy atom. The predicted molar refractivity (Wildman–Crippen MR) is 110 cm³/mol. The first-order valence-electron chi connectivity index (χ1n) is 9.57. The summed E-state index contributed by atoms with van der Waals surface area (Å²) >= 11 is 1.39. The fourth-order valence-corrected chi connectivity index (χ4v) is 4.77. The molecule has 0 unspecified atom stereocenters. The summed E-state index contributed by atoms with van der Waals surface area (Å²) in [5, 5.41) is 5.49. The molecule has 1 saturated carbocycles. The molecule has 3 rings (SSSR count). The van der Waals surface area contributed by atoms with Crippen molar-refractivity contribution in [1.82, 2.24) is 0 Å². The number of hydrogen-bond donors (Lipinski definition) is 1. The molecule has 1 aliphatic carbocycles. The number of hydrogen-bond acceptors (Lipinski definition) is 4. The summed E-state index contributed by atoms with van der Waals surface area (Å²) < 4.78 is 5.02. The van der Waals surface area contributed by atoms with Gasteiger partial charge in [-0.05, 0) is 43.7 Å². The van der Waals surface area contributed by atoms with Crippen molar-refractivity contribution < 1.29 is 14.3 Å². The molecule has 4 nitrogen and oxygen atoms in total. The Labute approximate surface area is 164 Å². The van der Waals surface area contributed by atoms with E-state index in [1.165, 1.54) is 37.7 Å². The van der Waals surface area contributed by atoms with E-state index < -0.39 is 5.97 Å². The maximum atomic E-state index is 12.6. The molecule has 27 heavy (non-hydrogen) atoms. The minimum absolute atomic E-state index is 0.0126. The van der Waals surface area contributed by atoms with Crippen LogP contribution in [0.1, 0.15) is 60.0 Å². The van der Waals surface area contributed by atoms with Gasteiger partial charge in [-0.15, -0.1) is 11.3 Å². The molecule has 0 spiro atoms. The number of thiophene rings is 1. The number of ether oxygens (including phenoxy) is 1. The van der Waals surface area contributed by atoms with E-state index in [-0.39, 0.29) is 5.91 Å². The van der Waals surface area contributed by atoms with E-state index in [4.69, 9.17) is 4.74 Å². The van der Waals surface area contributed by atoms with Gasteiger partial charge in [-0.2, -0.15) is 0 Å². The van der Waals surface area contributed by atoms with Crippen LogP contribution >= 0.6 is 11.3 Å². The normalized spacial score (nSPS) is 14.8. The standard InChI is InChI=1S/C22H27NO3S/c1-14-9-10-15(2)17(11-14)18-13-27-21(20(18)22(25)26-3)23-19(24)12-16-7-5-4-6-8-16/h9-11,13,16H,4-8,12H2,1-3H3,(H,23,24). The van der Waals surface area contributed by atoms with Crippen LogP contribution < -0.4 is 5.32 Å². The van der Waals surface area contributed by atoms with Crippen molar-refractivity contribution in [2.24, 2.45) is 5.92 Å². The van der Waals surface area contributed by atoms with Crippen molar-refractivity contribution >= 4 is 28.2 Å². The van der Waals surface area contributed by atoms with E-state index in [2.05, 4.69) is 17.4 Å². The van der Waals surface area contributed by atoms with Crippen LogP contribution in [0.3, 0.4) is 0 Å². The number of rotatable bonds is 5. The molecule has 0 bridgehead atoms. The second kappa shape index (κ2) is 8.70. The van der Waals surface area contributed by atoms with Crippen LogP contribution in [-0.4, -0.2) is 19.0 Å². The van der Waals surface area contributed by atoms with E-state index in [1.54, 1.807) is 0 Å². The van der Waals surface area contributed by atoms with E-state index >= 15 is 0 Å². The minimum Gasteiger partial charge on any atom is -0.465 e. The maximum Gasteiger partial charge on any atom is 0.341 e. The second-order valence-corrected chi connectivity index (χ2v) is 8.30. The third-order valence-electron chi connectivity index (χ3n) is 5.32. The molecule has 5 heteroatoms. The lowest BCUT2D eigenvalue weighted by molar-refractivity contribution is -0.117. The van der Waals surface area contributed by atoms with Crippen LogP contribution in [0.25, 0.3) is 11.1 Å². The van der Waals surface area contributed by atoms with Crippen molar-refractivity contribution in [2.45, 2.75) is 52.4 Å². The highest BCUT2D eigenvalue weighted by atomic mass is 32.1. The molecule has 1 aromatic heterocycles. The van der Waals surface area contributed by atoms with Crippen molar-refractivity contribution in [3.05, 3.63) is 40.3 Å². The van der Waals surface area contributed by atoms with Gasteiger partial charge in [0.25, 0.3) is 0 Å². The van der Waals surface area contributed by atoms with Gasteiger partial charge in [0.1, 0.15) is 10.6 Å². The highest BCUT2D eigenvalue weighted by Crippen LogP contribution is 2.38. The van der Waals surface area contributed by atoms with Gasteiger partial charge in [-0.1, -0.05) is 43.0 Å². The highest BCUT2D eigenvalue weighted by molar-refractivity contribution is 7.15. The quantitative estimate of drug-likeness (QED) is 0.669. The number of esters is 1. The Morgan fingerprint density at radius 2 is 1.89 bits per heavy atom. The molecular formula is C22H27NO3S. The number of amides is 1. The van der Waals surface area contributed by atoms with Gasteiger partial charge in [0.05, 0.1) is 7.11 Å². The fourth-order valence-electron chi connectivity index (χ4n) is 3.81. The Morgan fingerprint density at radius 3 is 2.59 bits per heavy atom. The van der Waals surface area contributed by atoms with E-state index in [1.807, 2.05) is 25.3 Å². The van der Waals surface area contributed by atoms with Crippen molar-refractivity contribution in [3.8, 4) is 11.1 Å². The second-order valence-electron chi connectivity index (χ2n) is 7.42. The number of benzene rings is 1. The number of aryl methyl sites for hydroxylation is 2. The molecule has 0 radical (unpaired) electrons. The van der Waals surface area contributed by atoms with Gasteiger partial charge in [0.2, 0.25) is 5.91 Å². The smallest absolute Gasteiger partial charge is 0.341 e. The Bertz CT molecular complexity index is 834. The first kappa shape index (κ1) is 19.6. The monoisotopic (exact) mass is 385 g/mol. The molecule has 144 valence electrons. The van der Waals surface area contributed by atoms with E-state index in [0.29, 0.717) is 22.9 Å². The lowest BCUT2D eigenvalue weighted by Gasteiger charge is -2.20. The van der Waals surface area contributed by atoms with Gasteiger partial charge >= 0.3 is 5.97 Å². The van der Waals surface area contributed by atoms with Crippen LogP contribution in [0.5, 0.6) is 0 Å². The lowest BCUT2D eigenvalue weighted by atomic mass is 9.87. The van der Waals surface area contributed by atoms with Crippen LogP contribution in [0.15, 0.2) is 23.6 Å². The van der Waals surface area contributed by atoms with Crippen LogP contribution in [0.2, 0.25) is 0 Å². The Hall–Kier alpha value is -2.14. The molecule has 0 saturated heterocycles. The van der Waals surface area contributed by atoms with Crippen molar-refractivity contribution in [3.63, 3.8) is 0 Å². The molecule has 1 heterocycles. The van der Waals surface area contributed by atoms with Gasteiger partial charge in [0, 0.05) is 17.4 Å². The number of methoxy groups -OCH3 is 1. The van der Waals surface area contributed by atoms with E-state index in [0.717, 1.165) is 35.1 Å². The molecular weight excluding hydrogens is 358 g/mol. The maximum absolute atomic E-state index is 12.6. The summed E-state index contributed by atoms with van der Waals surface area (Å²) in [5.74, 6) is 0.0281. The fraction of sp³-hybridized carbons (Fsp3) is 0.455. The average Bonchev–Trinajstić information content (AvgIpc) is 3.07. The minimum atomic E-state index is -0.417. The zero-order valence-electron chi connectivity index (χ0n) is 16.3. The van der Waals surface area contributed by atoms with E-state index in [9.17, 15) is 9.59 Å². The average molecular weight is 386 g/mol. The number of anilines is 1. The summed E-state index contributed by atoms with van der Waals surface area (Å²) in [6, 6.07) is 6.16. The van der Waals surface area contributed by atoms with Crippen molar-refractivity contribution in [2.75, 3.05) is 12.4 Å². The molecule has 1 N–H and O–H groups in total. The zero-order valence-corrected chi connectivity index (χ0v) is 17.1. The summed E-state index contributed by atoms with van der Waals surface area (Å²) in [6.07, 6.45) is 6.46. The number of carbonyl (C=O) groups is 2. The molecule has 1 fully saturated rings. The SMILES string of the molecule is COC(=O)c1c(-c2cc(C)ccc2C)csc1NC(=O)CC1CCCCC1. The first-order chi connectivity index (χ1) is 13.0. The molecule has 1 aliphatic rings. The third kappa shape index (κ3) is 4.59. The summed E-state index contributed by atoms with van der Waals surface area (Å²) in [5.41, 5.74) is 4.48. The first-order valence-corrected chi connectivity index (χ1v) is 10.4. The molecule has 1 aromatic carbocycles. The lowest BCUT2D eigenvalue weighted by Crippen LogP contribution is -2.19. The predicted octanol–water partition coefficient (Wildman–Crippen LogP) is 5.73. The van der Waals surface area contributed by atoms with Crippen molar-refractivity contribution in [1.29, 1.82) is 0 Å². The van der Waals surface area contributed by atoms with Gasteiger partial charge in [-0.25, -0.2) is 4.79 Å². The Kier molecular flexibility index (Phi) is 6.32. The molecule has 1 amide bonds. The summed E-state index contributed by atoms with van der Waals surface area (Å²) in [7, 11) is 1.38. The van der Waals surface area contributed by atoms with Crippen LogP contribution in [0, 0.1) is 19.8 Å². The van der Waals surface area contributed by atoms with Gasteiger partial charge < -0.3 is 10.1 Å². The topological polar surface area (TPSA) is 55.4 Å². The summed E-state index contributed by atoms with van der Waals surface area (Å²) in [6.45, 7) is 4.05. The van der Waals surface area contributed by atoms with Crippen LogP contribution in [0.4, 0.5) is 5.00 Å². The number of carbonyl (C=O) groups excluding carboxylic acids is 2. The largest absolute Gasteiger partial charge is 0.465 e. The zero-order chi connectivity index (χ0) is 19.4. The van der Waals surface area contributed by atoms with Crippen LogP contribution in [-0.2, 0) is 9.53 Å². The van der Waals surface area contributed by atoms with Gasteiger partial charge in [0.15, 0.2) is 0 Å². The summed E-state index contributed by atoms with van der Waals surface area (Å²) in [4.78, 5) is 25.0. The number of nitrogens with one attached hydrogen (secondary N) is 1. The van der Waals surface area contributed by atoms with Gasteiger partial charge in [-0.3, -0.25) is 4.79 Å². The molecule has 0 atom stereocenters. The molecule has 0 aliphatic heterocycles. The third-order valence-corrected chi connectivity index (χ3v) is 6.21. The highest BCUT2D eigenvalue weighted by Gasteiger charge is 2.24. The molecule has 2 aromatic rings. The Balaban J connectivity index is 1.87.